The van der Waals surface area contributed by atoms with Gasteiger partial charge in [-0.25, -0.2) is 9.97 Å². The Hall–Kier alpha value is -1.53. The molecule has 1 atom stereocenters. The molecule has 24 heavy (non-hydrogen) atoms. The zero-order valence-corrected chi connectivity index (χ0v) is 14.9. The van der Waals surface area contributed by atoms with Crippen molar-refractivity contribution in [3.63, 3.8) is 0 Å². The van der Waals surface area contributed by atoms with Gasteiger partial charge in [0.15, 0.2) is 0 Å². The van der Waals surface area contributed by atoms with E-state index >= 15 is 0 Å². The summed E-state index contributed by atoms with van der Waals surface area (Å²) in [7, 11) is 0. The minimum Gasteiger partial charge on any atom is -0.341 e. The average molecular weight is 331 g/mol. The predicted molar refractivity (Wildman–Crippen MR) is 93.9 cm³/mol. The molecule has 2 aliphatic heterocycles. The number of hydrogen-bond donors (Lipinski definition) is 0. The molecule has 0 bridgehead atoms. The lowest BCUT2D eigenvalue weighted by molar-refractivity contribution is -0.134. The Morgan fingerprint density at radius 2 is 1.96 bits per heavy atom. The third-order valence-electron chi connectivity index (χ3n) is 5.26. The SMILES string of the molecule is CCN1CCN(CC(=O)N2CCCC(c3ccnc(C)n3)C2)CC1. The number of aromatic nitrogens is 2. The summed E-state index contributed by atoms with van der Waals surface area (Å²) in [6.45, 7) is 11.6. The van der Waals surface area contributed by atoms with Crippen molar-refractivity contribution in [1.82, 2.24) is 24.7 Å². The largest absolute Gasteiger partial charge is 0.341 e. The van der Waals surface area contributed by atoms with Gasteiger partial charge in [0.1, 0.15) is 5.82 Å². The first-order valence-electron chi connectivity index (χ1n) is 9.17. The van der Waals surface area contributed by atoms with Crippen LogP contribution in [0, 0.1) is 6.92 Å². The molecule has 0 aromatic carbocycles. The fourth-order valence-electron chi connectivity index (χ4n) is 3.70. The van der Waals surface area contributed by atoms with Crippen molar-refractivity contribution in [2.24, 2.45) is 0 Å². The first-order valence-corrected chi connectivity index (χ1v) is 9.17. The third kappa shape index (κ3) is 4.30. The molecule has 6 heteroatoms. The maximum atomic E-state index is 12.7. The number of carbonyl (C=O) groups is 1. The standard InChI is InChI=1S/C18H29N5O/c1-3-21-9-11-22(12-10-21)14-18(24)23-8-4-5-16(13-23)17-6-7-19-15(2)20-17/h6-7,16H,3-5,8-14H2,1-2H3. The van der Waals surface area contributed by atoms with Crippen LogP contribution in [-0.4, -0.2) is 82.9 Å². The van der Waals surface area contributed by atoms with Crippen molar-refractivity contribution in [2.75, 3.05) is 52.4 Å². The molecule has 3 heterocycles. The summed E-state index contributed by atoms with van der Waals surface area (Å²) in [6.07, 6.45) is 3.99. The highest BCUT2D eigenvalue weighted by atomic mass is 16.2. The summed E-state index contributed by atoms with van der Waals surface area (Å²) < 4.78 is 0. The lowest BCUT2D eigenvalue weighted by Gasteiger charge is -2.37. The lowest BCUT2D eigenvalue weighted by Crippen LogP contribution is -2.51. The van der Waals surface area contributed by atoms with Crippen LogP contribution in [0.2, 0.25) is 0 Å². The van der Waals surface area contributed by atoms with E-state index in [9.17, 15) is 4.79 Å². The Labute approximate surface area is 144 Å². The molecule has 0 radical (unpaired) electrons. The molecule has 6 nitrogen and oxygen atoms in total. The van der Waals surface area contributed by atoms with E-state index in [0.29, 0.717) is 12.5 Å². The number of likely N-dealkylation sites (tertiary alicyclic amines) is 1. The van der Waals surface area contributed by atoms with E-state index in [2.05, 4.69) is 26.7 Å². The van der Waals surface area contributed by atoms with Crippen molar-refractivity contribution in [1.29, 1.82) is 0 Å². The second-order valence-electron chi connectivity index (χ2n) is 6.92. The Morgan fingerprint density at radius 3 is 2.67 bits per heavy atom. The molecular weight excluding hydrogens is 302 g/mol. The van der Waals surface area contributed by atoms with Gasteiger partial charge < -0.3 is 9.80 Å². The maximum Gasteiger partial charge on any atom is 0.236 e. The van der Waals surface area contributed by atoms with Gasteiger partial charge in [-0.3, -0.25) is 9.69 Å². The smallest absolute Gasteiger partial charge is 0.236 e. The van der Waals surface area contributed by atoms with E-state index < -0.39 is 0 Å². The van der Waals surface area contributed by atoms with E-state index in [0.717, 1.165) is 70.2 Å². The van der Waals surface area contributed by atoms with Gasteiger partial charge in [0.05, 0.1) is 6.54 Å². The van der Waals surface area contributed by atoms with Gasteiger partial charge in [-0.15, -0.1) is 0 Å². The third-order valence-corrected chi connectivity index (χ3v) is 5.26. The van der Waals surface area contributed by atoms with Gasteiger partial charge in [-0.1, -0.05) is 6.92 Å². The molecular formula is C18H29N5O. The highest BCUT2D eigenvalue weighted by molar-refractivity contribution is 5.78. The minimum atomic E-state index is 0.274. The van der Waals surface area contributed by atoms with Crippen LogP contribution in [0.1, 0.15) is 37.2 Å². The molecule has 2 fully saturated rings. The molecule has 0 saturated carbocycles. The Morgan fingerprint density at radius 1 is 1.21 bits per heavy atom. The molecule has 0 aliphatic carbocycles. The minimum absolute atomic E-state index is 0.274. The van der Waals surface area contributed by atoms with E-state index in [1.807, 2.05) is 24.1 Å². The van der Waals surface area contributed by atoms with Crippen LogP contribution in [0.4, 0.5) is 0 Å². The van der Waals surface area contributed by atoms with Crippen LogP contribution in [0.3, 0.4) is 0 Å². The second-order valence-corrected chi connectivity index (χ2v) is 6.92. The van der Waals surface area contributed by atoms with E-state index in [-0.39, 0.29) is 5.91 Å². The maximum absolute atomic E-state index is 12.7. The molecule has 1 aromatic heterocycles. The zero-order valence-electron chi connectivity index (χ0n) is 14.9. The van der Waals surface area contributed by atoms with Crippen molar-refractivity contribution < 1.29 is 4.79 Å². The molecule has 0 N–H and O–H groups in total. The normalized spacial score (nSPS) is 23.4. The number of piperazine rings is 1. The molecule has 1 amide bonds. The number of carbonyl (C=O) groups excluding carboxylic acids is 1. The summed E-state index contributed by atoms with van der Waals surface area (Å²) in [4.78, 5) is 28.2. The number of aryl methyl sites for hydroxylation is 1. The van der Waals surface area contributed by atoms with E-state index in [4.69, 9.17) is 0 Å². The summed E-state index contributed by atoms with van der Waals surface area (Å²) in [5.41, 5.74) is 1.08. The molecule has 1 unspecified atom stereocenters. The van der Waals surface area contributed by atoms with Gasteiger partial charge in [0.25, 0.3) is 0 Å². The van der Waals surface area contributed by atoms with Crippen LogP contribution in [-0.2, 0) is 4.79 Å². The summed E-state index contributed by atoms with van der Waals surface area (Å²) >= 11 is 0. The van der Waals surface area contributed by atoms with Crippen molar-refractivity contribution in [3.8, 4) is 0 Å². The number of amides is 1. The highest BCUT2D eigenvalue weighted by Crippen LogP contribution is 2.25. The van der Waals surface area contributed by atoms with Crippen molar-refractivity contribution >= 4 is 5.91 Å². The number of hydrogen-bond acceptors (Lipinski definition) is 5. The number of rotatable bonds is 4. The Balaban J connectivity index is 1.53. The van der Waals surface area contributed by atoms with Crippen LogP contribution in [0.15, 0.2) is 12.3 Å². The Bertz CT molecular complexity index is 556. The summed E-state index contributed by atoms with van der Waals surface area (Å²) in [6, 6.07) is 2.00. The van der Waals surface area contributed by atoms with Gasteiger partial charge >= 0.3 is 0 Å². The van der Waals surface area contributed by atoms with Crippen LogP contribution >= 0.6 is 0 Å². The van der Waals surface area contributed by atoms with Crippen molar-refractivity contribution in [2.45, 2.75) is 32.6 Å². The lowest BCUT2D eigenvalue weighted by atomic mass is 9.94. The average Bonchev–Trinajstić information content (AvgIpc) is 2.62. The van der Waals surface area contributed by atoms with Gasteiger partial charge in [0, 0.05) is 57.1 Å². The van der Waals surface area contributed by atoms with Crippen molar-refractivity contribution in [3.05, 3.63) is 23.8 Å². The number of piperidine rings is 1. The first kappa shape index (κ1) is 17.3. The van der Waals surface area contributed by atoms with Gasteiger partial charge in [-0.05, 0) is 32.4 Å². The molecule has 1 aromatic rings. The summed E-state index contributed by atoms with van der Waals surface area (Å²) in [5, 5.41) is 0. The molecule has 0 spiro atoms. The second kappa shape index (κ2) is 8.03. The predicted octanol–water partition coefficient (Wildman–Crippen LogP) is 1.13. The zero-order chi connectivity index (χ0) is 16.9. The monoisotopic (exact) mass is 331 g/mol. The van der Waals surface area contributed by atoms with Gasteiger partial charge in [0.2, 0.25) is 5.91 Å². The quantitative estimate of drug-likeness (QED) is 0.828. The number of likely N-dealkylation sites (N-methyl/N-ethyl adjacent to an activating group) is 1. The fourth-order valence-corrected chi connectivity index (χ4v) is 3.70. The first-order chi connectivity index (χ1) is 11.7. The Kier molecular flexibility index (Phi) is 5.79. The fraction of sp³-hybridized carbons (Fsp3) is 0.722. The molecule has 132 valence electrons. The van der Waals surface area contributed by atoms with Crippen LogP contribution in [0.5, 0.6) is 0 Å². The molecule has 3 rings (SSSR count). The topological polar surface area (TPSA) is 52.6 Å². The van der Waals surface area contributed by atoms with E-state index in [1.165, 1.54) is 0 Å². The highest BCUT2D eigenvalue weighted by Gasteiger charge is 2.27. The number of nitrogens with zero attached hydrogens (tertiary/aromatic N) is 5. The molecule has 2 aliphatic rings. The van der Waals surface area contributed by atoms with Crippen LogP contribution < -0.4 is 0 Å². The van der Waals surface area contributed by atoms with E-state index in [1.54, 1.807) is 0 Å². The van der Waals surface area contributed by atoms with Crippen LogP contribution in [0.25, 0.3) is 0 Å². The van der Waals surface area contributed by atoms with Gasteiger partial charge in [-0.2, -0.15) is 0 Å². The summed E-state index contributed by atoms with van der Waals surface area (Å²) in [5.74, 6) is 1.43. The molecule has 2 saturated heterocycles.